The van der Waals surface area contributed by atoms with Gasteiger partial charge in [-0.25, -0.2) is 9.37 Å². The van der Waals surface area contributed by atoms with Crippen molar-refractivity contribution in [3.05, 3.63) is 84.2 Å². The van der Waals surface area contributed by atoms with Gasteiger partial charge in [0.25, 0.3) is 0 Å². The number of anilines is 3. The zero-order chi connectivity index (χ0) is 19.3. The highest BCUT2D eigenvalue weighted by atomic mass is 19.1. The fourth-order valence-corrected chi connectivity index (χ4v) is 2.92. The van der Waals surface area contributed by atoms with Crippen LogP contribution in [0.1, 0.15) is 5.56 Å². The van der Waals surface area contributed by atoms with Gasteiger partial charge in [-0.2, -0.15) is 4.98 Å². The Morgan fingerprint density at radius 3 is 2.50 bits per heavy atom. The van der Waals surface area contributed by atoms with Gasteiger partial charge in [0, 0.05) is 23.7 Å². The van der Waals surface area contributed by atoms with Gasteiger partial charge in [-0.1, -0.05) is 42.5 Å². The molecule has 0 fully saturated rings. The first-order valence-electron chi connectivity index (χ1n) is 8.88. The number of hydrogen-bond donors (Lipinski definition) is 2. The lowest BCUT2D eigenvalue weighted by Gasteiger charge is -2.12. The highest BCUT2D eigenvalue weighted by molar-refractivity contribution is 5.90. The maximum Gasteiger partial charge on any atom is 0.229 e. The Balaban J connectivity index is 1.64. The van der Waals surface area contributed by atoms with Crippen molar-refractivity contribution in [1.29, 1.82) is 0 Å². The van der Waals surface area contributed by atoms with Gasteiger partial charge in [-0.05, 0) is 29.8 Å². The Morgan fingerprint density at radius 2 is 1.71 bits per heavy atom. The zero-order valence-corrected chi connectivity index (χ0v) is 15.3. The molecule has 140 valence electrons. The molecule has 2 N–H and O–H groups in total. The molecule has 0 radical (unpaired) electrons. The predicted octanol–water partition coefficient (Wildman–Crippen LogP) is 5.13. The van der Waals surface area contributed by atoms with Crippen molar-refractivity contribution >= 4 is 28.4 Å². The fraction of sp³-hybridized carbons (Fsp3) is 0.0909. The van der Waals surface area contributed by atoms with E-state index in [9.17, 15) is 4.39 Å². The number of ether oxygens (including phenoxy) is 1. The minimum Gasteiger partial charge on any atom is -0.494 e. The Kier molecular flexibility index (Phi) is 5.01. The van der Waals surface area contributed by atoms with Crippen LogP contribution in [-0.2, 0) is 6.54 Å². The van der Waals surface area contributed by atoms with E-state index in [0.717, 1.165) is 16.5 Å². The molecule has 0 aliphatic rings. The lowest BCUT2D eigenvalue weighted by atomic mass is 10.2. The van der Waals surface area contributed by atoms with E-state index in [0.29, 0.717) is 24.0 Å². The van der Waals surface area contributed by atoms with Crippen LogP contribution in [0.25, 0.3) is 10.9 Å². The van der Waals surface area contributed by atoms with E-state index in [1.165, 1.54) is 13.2 Å². The van der Waals surface area contributed by atoms with Crippen LogP contribution in [0.4, 0.5) is 21.8 Å². The molecule has 0 spiro atoms. The van der Waals surface area contributed by atoms with Gasteiger partial charge < -0.3 is 15.4 Å². The van der Waals surface area contributed by atoms with Crippen LogP contribution in [0.5, 0.6) is 5.75 Å². The van der Waals surface area contributed by atoms with Crippen LogP contribution in [0.3, 0.4) is 0 Å². The molecule has 0 saturated carbocycles. The van der Waals surface area contributed by atoms with Crippen molar-refractivity contribution in [2.24, 2.45) is 0 Å². The molecular weight excluding hydrogens is 355 g/mol. The zero-order valence-electron chi connectivity index (χ0n) is 15.3. The minimum atomic E-state index is -0.448. The number of para-hydroxylation sites is 1. The average molecular weight is 374 g/mol. The molecule has 28 heavy (non-hydrogen) atoms. The SMILES string of the molecule is COc1ccc(Nc2nc(NCc3ccccc3)c3ccccc3n2)cc1F. The molecule has 4 rings (SSSR count). The summed E-state index contributed by atoms with van der Waals surface area (Å²) >= 11 is 0. The first-order chi connectivity index (χ1) is 13.7. The molecule has 0 bridgehead atoms. The van der Waals surface area contributed by atoms with Gasteiger partial charge in [0.15, 0.2) is 11.6 Å². The van der Waals surface area contributed by atoms with Crippen LogP contribution < -0.4 is 15.4 Å². The van der Waals surface area contributed by atoms with E-state index < -0.39 is 5.82 Å². The molecule has 4 aromatic rings. The molecule has 0 saturated heterocycles. The van der Waals surface area contributed by atoms with E-state index in [1.807, 2.05) is 42.5 Å². The van der Waals surface area contributed by atoms with Crippen molar-refractivity contribution in [3.8, 4) is 5.75 Å². The van der Waals surface area contributed by atoms with Gasteiger partial charge in [0.05, 0.1) is 12.6 Å². The quantitative estimate of drug-likeness (QED) is 0.490. The molecule has 5 nitrogen and oxygen atoms in total. The number of methoxy groups -OCH3 is 1. The summed E-state index contributed by atoms with van der Waals surface area (Å²) in [6.45, 7) is 0.637. The van der Waals surface area contributed by atoms with Gasteiger partial charge in [-0.15, -0.1) is 0 Å². The topological polar surface area (TPSA) is 59.1 Å². The summed E-state index contributed by atoms with van der Waals surface area (Å²) in [5.41, 5.74) is 2.49. The standard InChI is InChI=1S/C22H19FN4O/c1-28-20-12-11-16(13-18(20)23)25-22-26-19-10-6-5-9-17(19)21(27-22)24-14-15-7-3-2-4-8-15/h2-13H,14H2,1H3,(H2,24,25,26,27). The number of fused-ring (bicyclic) bond motifs is 1. The third-order valence-electron chi connectivity index (χ3n) is 4.31. The number of nitrogens with zero attached hydrogens (tertiary/aromatic N) is 2. The van der Waals surface area contributed by atoms with Crippen molar-refractivity contribution < 1.29 is 9.13 Å². The fourth-order valence-electron chi connectivity index (χ4n) is 2.92. The van der Waals surface area contributed by atoms with Crippen LogP contribution in [0, 0.1) is 5.82 Å². The molecule has 3 aromatic carbocycles. The van der Waals surface area contributed by atoms with Gasteiger partial charge in [0.1, 0.15) is 5.82 Å². The molecule has 1 heterocycles. The van der Waals surface area contributed by atoms with Crippen LogP contribution in [0.15, 0.2) is 72.8 Å². The average Bonchev–Trinajstić information content (AvgIpc) is 2.73. The monoisotopic (exact) mass is 374 g/mol. The van der Waals surface area contributed by atoms with E-state index >= 15 is 0 Å². The predicted molar refractivity (Wildman–Crippen MR) is 110 cm³/mol. The molecule has 0 atom stereocenters. The van der Waals surface area contributed by atoms with E-state index in [4.69, 9.17) is 4.74 Å². The molecule has 0 amide bonds. The van der Waals surface area contributed by atoms with E-state index in [2.05, 4.69) is 32.7 Å². The van der Waals surface area contributed by atoms with Crippen molar-refractivity contribution in [2.75, 3.05) is 17.7 Å². The first kappa shape index (κ1) is 17.7. The number of aromatic nitrogens is 2. The lowest BCUT2D eigenvalue weighted by molar-refractivity contribution is 0.386. The summed E-state index contributed by atoms with van der Waals surface area (Å²) in [6.07, 6.45) is 0. The third kappa shape index (κ3) is 3.86. The molecular formula is C22H19FN4O. The van der Waals surface area contributed by atoms with Crippen molar-refractivity contribution in [1.82, 2.24) is 9.97 Å². The van der Waals surface area contributed by atoms with Crippen molar-refractivity contribution in [2.45, 2.75) is 6.54 Å². The maximum atomic E-state index is 14.0. The summed E-state index contributed by atoms with van der Waals surface area (Å²) < 4.78 is 18.9. The second kappa shape index (κ2) is 7.92. The second-order valence-corrected chi connectivity index (χ2v) is 6.23. The second-order valence-electron chi connectivity index (χ2n) is 6.23. The molecule has 1 aromatic heterocycles. The third-order valence-corrected chi connectivity index (χ3v) is 4.31. The summed E-state index contributed by atoms with van der Waals surface area (Å²) in [5.74, 6) is 0.843. The highest BCUT2D eigenvalue weighted by Crippen LogP contribution is 2.26. The number of halogens is 1. The first-order valence-corrected chi connectivity index (χ1v) is 8.88. The molecule has 0 aliphatic carbocycles. The van der Waals surface area contributed by atoms with Crippen LogP contribution >= 0.6 is 0 Å². The summed E-state index contributed by atoms with van der Waals surface area (Å²) in [5, 5.41) is 7.36. The molecule has 6 heteroatoms. The van der Waals surface area contributed by atoms with Crippen LogP contribution in [-0.4, -0.2) is 17.1 Å². The maximum absolute atomic E-state index is 14.0. The summed E-state index contributed by atoms with van der Waals surface area (Å²) in [6, 6.07) is 22.5. The van der Waals surface area contributed by atoms with Crippen LogP contribution in [0.2, 0.25) is 0 Å². The summed E-state index contributed by atoms with van der Waals surface area (Å²) in [7, 11) is 1.43. The molecule has 0 aliphatic heterocycles. The lowest BCUT2D eigenvalue weighted by Crippen LogP contribution is -2.06. The van der Waals surface area contributed by atoms with Gasteiger partial charge in [0.2, 0.25) is 5.95 Å². The smallest absolute Gasteiger partial charge is 0.229 e. The summed E-state index contributed by atoms with van der Waals surface area (Å²) in [4.78, 5) is 9.14. The van der Waals surface area contributed by atoms with Gasteiger partial charge in [-0.3, -0.25) is 0 Å². The van der Waals surface area contributed by atoms with E-state index in [1.54, 1.807) is 12.1 Å². The minimum absolute atomic E-state index is 0.190. The number of benzene rings is 3. The Bertz CT molecular complexity index is 1100. The Hall–Kier alpha value is -3.67. The highest BCUT2D eigenvalue weighted by Gasteiger charge is 2.09. The van der Waals surface area contributed by atoms with E-state index in [-0.39, 0.29) is 5.75 Å². The number of hydrogen-bond acceptors (Lipinski definition) is 5. The molecule has 0 unspecified atom stereocenters. The normalized spacial score (nSPS) is 10.6. The Morgan fingerprint density at radius 1 is 0.929 bits per heavy atom. The van der Waals surface area contributed by atoms with Gasteiger partial charge >= 0.3 is 0 Å². The number of nitrogens with one attached hydrogen (secondary N) is 2. The van der Waals surface area contributed by atoms with Crippen molar-refractivity contribution in [3.63, 3.8) is 0 Å². The largest absolute Gasteiger partial charge is 0.494 e. The number of rotatable bonds is 6. The Labute approximate surface area is 162 Å².